The fourth-order valence-corrected chi connectivity index (χ4v) is 1.07. The molecule has 1 aromatic carbocycles. The number of rotatable bonds is 5. The number of nitro groups is 1. The van der Waals surface area contributed by atoms with Crippen LogP contribution in [0, 0.1) is 10.1 Å². The standard InChI is InChI=1S/C10H11NO5/c1-7(12)6-16-10-5-8(11(13)14)3-4-9(10)15-2/h3-5H,6H2,1-2H3. The summed E-state index contributed by atoms with van der Waals surface area (Å²) >= 11 is 0. The Kier molecular flexibility index (Phi) is 3.82. The van der Waals surface area contributed by atoms with Crippen molar-refractivity contribution in [2.45, 2.75) is 6.92 Å². The number of hydrogen-bond acceptors (Lipinski definition) is 5. The third-order valence-electron chi connectivity index (χ3n) is 1.79. The lowest BCUT2D eigenvalue weighted by atomic mass is 10.3. The SMILES string of the molecule is COc1ccc([N+](=O)[O-])cc1OCC(C)=O. The third-order valence-corrected chi connectivity index (χ3v) is 1.79. The maximum absolute atomic E-state index is 10.7. The maximum Gasteiger partial charge on any atom is 0.273 e. The molecule has 0 spiro atoms. The van der Waals surface area contributed by atoms with Gasteiger partial charge in [0.1, 0.15) is 6.61 Å². The van der Waals surface area contributed by atoms with E-state index in [4.69, 9.17) is 9.47 Å². The Morgan fingerprint density at radius 1 is 1.44 bits per heavy atom. The van der Waals surface area contributed by atoms with Gasteiger partial charge in [0.15, 0.2) is 17.3 Å². The molecule has 0 aromatic heterocycles. The van der Waals surface area contributed by atoms with Gasteiger partial charge in [-0.1, -0.05) is 0 Å². The molecule has 0 aliphatic carbocycles. The second-order valence-corrected chi connectivity index (χ2v) is 3.08. The molecule has 0 unspecified atom stereocenters. The van der Waals surface area contributed by atoms with E-state index in [0.29, 0.717) is 5.75 Å². The monoisotopic (exact) mass is 225 g/mol. The first-order valence-corrected chi connectivity index (χ1v) is 4.49. The van der Waals surface area contributed by atoms with E-state index in [1.165, 1.54) is 32.2 Å². The predicted molar refractivity (Wildman–Crippen MR) is 55.8 cm³/mol. The summed E-state index contributed by atoms with van der Waals surface area (Å²) in [4.78, 5) is 20.7. The van der Waals surface area contributed by atoms with Crippen LogP contribution in [0.5, 0.6) is 11.5 Å². The van der Waals surface area contributed by atoms with Crippen molar-refractivity contribution >= 4 is 11.5 Å². The summed E-state index contributed by atoms with van der Waals surface area (Å²) in [6, 6.07) is 3.95. The number of ketones is 1. The highest BCUT2D eigenvalue weighted by Gasteiger charge is 2.12. The number of ether oxygens (including phenoxy) is 2. The van der Waals surface area contributed by atoms with Gasteiger partial charge >= 0.3 is 0 Å². The number of carbonyl (C=O) groups excluding carboxylic acids is 1. The summed E-state index contributed by atoms with van der Waals surface area (Å²) in [6.45, 7) is 1.22. The number of carbonyl (C=O) groups is 1. The lowest BCUT2D eigenvalue weighted by molar-refractivity contribution is -0.385. The Labute approximate surface area is 91.9 Å². The Morgan fingerprint density at radius 2 is 2.12 bits per heavy atom. The fraction of sp³-hybridized carbons (Fsp3) is 0.300. The van der Waals surface area contributed by atoms with Gasteiger partial charge in [0, 0.05) is 6.07 Å². The first-order chi connectivity index (χ1) is 7.54. The van der Waals surface area contributed by atoms with Crippen LogP contribution in [0.1, 0.15) is 6.92 Å². The fourth-order valence-electron chi connectivity index (χ4n) is 1.07. The number of Topliss-reactive ketones (excluding diaryl/α,β-unsaturated/α-hetero) is 1. The number of benzene rings is 1. The smallest absolute Gasteiger partial charge is 0.273 e. The molecule has 0 saturated heterocycles. The Hall–Kier alpha value is -2.11. The Bertz CT molecular complexity index is 416. The quantitative estimate of drug-likeness (QED) is 0.561. The average molecular weight is 225 g/mol. The van der Waals surface area contributed by atoms with Crippen LogP contribution in [-0.2, 0) is 4.79 Å². The molecule has 0 fully saturated rings. The minimum Gasteiger partial charge on any atom is -0.493 e. The minimum absolute atomic E-state index is 0.112. The molecule has 0 amide bonds. The minimum atomic E-state index is -0.542. The van der Waals surface area contributed by atoms with Gasteiger partial charge in [-0.3, -0.25) is 14.9 Å². The van der Waals surface area contributed by atoms with Crippen molar-refractivity contribution in [2.75, 3.05) is 13.7 Å². The molecule has 86 valence electrons. The molecule has 0 N–H and O–H groups in total. The summed E-state index contributed by atoms with van der Waals surface area (Å²) in [5, 5.41) is 10.5. The van der Waals surface area contributed by atoms with E-state index in [1.807, 2.05) is 0 Å². The summed E-state index contributed by atoms with van der Waals surface area (Å²) in [6.07, 6.45) is 0. The van der Waals surface area contributed by atoms with Gasteiger partial charge in [0.25, 0.3) is 5.69 Å². The van der Waals surface area contributed by atoms with Gasteiger partial charge in [0.2, 0.25) is 0 Å². The van der Waals surface area contributed by atoms with Gasteiger partial charge in [-0.25, -0.2) is 0 Å². The van der Waals surface area contributed by atoms with Crippen LogP contribution in [0.25, 0.3) is 0 Å². The third kappa shape index (κ3) is 2.94. The molecule has 0 bridgehead atoms. The number of nitrogens with zero attached hydrogens (tertiary/aromatic N) is 1. The van der Waals surface area contributed by atoms with Gasteiger partial charge in [0.05, 0.1) is 18.1 Å². The van der Waals surface area contributed by atoms with Crippen LogP contribution in [-0.4, -0.2) is 24.4 Å². The molecule has 0 radical (unpaired) electrons. The first kappa shape index (κ1) is 12.0. The normalized spacial score (nSPS) is 9.62. The number of nitro benzene ring substituents is 1. The molecule has 6 heteroatoms. The summed E-state index contributed by atoms with van der Waals surface area (Å²) in [5.41, 5.74) is -0.112. The summed E-state index contributed by atoms with van der Waals surface area (Å²) in [7, 11) is 1.42. The van der Waals surface area contributed by atoms with Crippen molar-refractivity contribution in [1.29, 1.82) is 0 Å². The zero-order valence-corrected chi connectivity index (χ0v) is 8.93. The zero-order chi connectivity index (χ0) is 12.1. The first-order valence-electron chi connectivity index (χ1n) is 4.49. The van der Waals surface area contributed by atoms with Crippen molar-refractivity contribution in [3.63, 3.8) is 0 Å². The molecule has 16 heavy (non-hydrogen) atoms. The van der Waals surface area contributed by atoms with E-state index < -0.39 is 4.92 Å². The highest BCUT2D eigenvalue weighted by molar-refractivity contribution is 5.77. The van der Waals surface area contributed by atoms with Crippen LogP contribution >= 0.6 is 0 Å². The van der Waals surface area contributed by atoms with Crippen LogP contribution in [0.2, 0.25) is 0 Å². The summed E-state index contributed by atoms with van der Waals surface area (Å²) in [5.74, 6) is 0.368. The predicted octanol–water partition coefficient (Wildman–Crippen LogP) is 1.57. The van der Waals surface area contributed by atoms with E-state index in [-0.39, 0.29) is 23.8 Å². The lowest BCUT2D eigenvalue weighted by Gasteiger charge is -2.08. The van der Waals surface area contributed by atoms with E-state index in [9.17, 15) is 14.9 Å². The van der Waals surface area contributed by atoms with Crippen molar-refractivity contribution in [2.24, 2.45) is 0 Å². The largest absolute Gasteiger partial charge is 0.493 e. The lowest BCUT2D eigenvalue weighted by Crippen LogP contribution is -2.07. The molecule has 0 atom stereocenters. The highest BCUT2D eigenvalue weighted by atomic mass is 16.6. The van der Waals surface area contributed by atoms with Crippen molar-refractivity contribution in [3.8, 4) is 11.5 Å². The van der Waals surface area contributed by atoms with Gasteiger partial charge in [-0.05, 0) is 13.0 Å². The molecule has 0 heterocycles. The van der Waals surface area contributed by atoms with E-state index in [2.05, 4.69) is 0 Å². The van der Waals surface area contributed by atoms with Gasteiger partial charge in [-0.15, -0.1) is 0 Å². The molecule has 6 nitrogen and oxygen atoms in total. The molecular formula is C10H11NO5. The molecule has 1 aromatic rings. The van der Waals surface area contributed by atoms with Crippen LogP contribution in [0.4, 0.5) is 5.69 Å². The van der Waals surface area contributed by atoms with Crippen molar-refractivity contribution in [1.82, 2.24) is 0 Å². The van der Waals surface area contributed by atoms with Gasteiger partial charge < -0.3 is 9.47 Å². The van der Waals surface area contributed by atoms with Crippen LogP contribution in [0.15, 0.2) is 18.2 Å². The van der Waals surface area contributed by atoms with Crippen molar-refractivity contribution in [3.05, 3.63) is 28.3 Å². The second-order valence-electron chi connectivity index (χ2n) is 3.08. The number of hydrogen-bond donors (Lipinski definition) is 0. The van der Waals surface area contributed by atoms with Gasteiger partial charge in [-0.2, -0.15) is 0 Å². The Morgan fingerprint density at radius 3 is 2.62 bits per heavy atom. The van der Waals surface area contributed by atoms with E-state index in [1.54, 1.807) is 0 Å². The molecule has 0 aliphatic rings. The maximum atomic E-state index is 10.7. The summed E-state index contributed by atoms with van der Waals surface area (Å²) < 4.78 is 10.1. The average Bonchev–Trinajstić information content (AvgIpc) is 2.25. The molecule has 1 rings (SSSR count). The Balaban J connectivity index is 2.97. The number of non-ortho nitro benzene ring substituents is 1. The highest BCUT2D eigenvalue weighted by Crippen LogP contribution is 2.30. The molecule has 0 aliphatic heterocycles. The van der Waals surface area contributed by atoms with E-state index >= 15 is 0 Å². The molecule has 0 saturated carbocycles. The molecular weight excluding hydrogens is 214 g/mol. The number of methoxy groups -OCH3 is 1. The van der Waals surface area contributed by atoms with Crippen molar-refractivity contribution < 1.29 is 19.2 Å². The zero-order valence-electron chi connectivity index (χ0n) is 8.93. The van der Waals surface area contributed by atoms with Crippen LogP contribution < -0.4 is 9.47 Å². The topological polar surface area (TPSA) is 78.7 Å². The van der Waals surface area contributed by atoms with Crippen LogP contribution in [0.3, 0.4) is 0 Å². The second kappa shape index (κ2) is 5.11. The van der Waals surface area contributed by atoms with E-state index in [0.717, 1.165) is 0 Å².